The van der Waals surface area contributed by atoms with Crippen molar-refractivity contribution in [1.82, 2.24) is 14.8 Å². The monoisotopic (exact) mass is 486 g/mol. The minimum atomic E-state index is 0.0612. The van der Waals surface area contributed by atoms with Crippen LogP contribution < -0.4 is 4.90 Å². The normalized spacial score (nSPS) is 14.1. The first-order chi connectivity index (χ1) is 14.7. The van der Waals surface area contributed by atoms with E-state index in [2.05, 4.69) is 66.8 Å². The number of ketones is 1. The number of thioether (sulfide) groups is 1. The number of rotatable bonds is 7. The maximum atomic E-state index is 12.7. The molecule has 0 spiro atoms. The molecule has 0 unspecified atom stereocenters. The predicted molar refractivity (Wildman–Crippen MR) is 123 cm³/mol. The van der Waals surface area contributed by atoms with E-state index in [1.807, 2.05) is 24.3 Å². The molecule has 0 N–H and O–H groups in total. The van der Waals surface area contributed by atoms with Gasteiger partial charge in [0, 0.05) is 23.1 Å². The van der Waals surface area contributed by atoms with E-state index >= 15 is 0 Å². The molecule has 1 fully saturated rings. The standard InChI is InChI=1S/C22H23BrN4O2S/c1-2-16-5-3-8-19(13-16)27-21(26-9-11-29-12-10-26)24-25-22(27)30-15-20(28)17-6-4-7-18(23)14-17/h3-8,13-14H,2,9-12,15H2,1H3. The second-order valence-corrected chi connectivity index (χ2v) is 8.82. The Morgan fingerprint density at radius 3 is 2.70 bits per heavy atom. The van der Waals surface area contributed by atoms with E-state index in [-0.39, 0.29) is 5.78 Å². The maximum absolute atomic E-state index is 12.7. The average Bonchev–Trinajstić information content (AvgIpc) is 3.22. The van der Waals surface area contributed by atoms with Crippen molar-refractivity contribution in [2.45, 2.75) is 18.5 Å². The summed E-state index contributed by atoms with van der Waals surface area (Å²) in [4.78, 5) is 14.9. The van der Waals surface area contributed by atoms with Crippen LogP contribution in [-0.4, -0.2) is 52.6 Å². The Morgan fingerprint density at radius 1 is 1.13 bits per heavy atom. The van der Waals surface area contributed by atoms with Crippen molar-refractivity contribution in [3.8, 4) is 5.69 Å². The SMILES string of the molecule is CCc1cccc(-n2c(SCC(=O)c3cccc(Br)c3)nnc2N2CCOCC2)c1. The van der Waals surface area contributed by atoms with Gasteiger partial charge in [0.05, 0.1) is 24.7 Å². The van der Waals surface area contributed by atoms with Crippen molar-refractivity contribution < 1.29 is 9.53 Å². The number of nitrogens with zero attached hydrogens (tertiary/aromatic N) is 4. The highest BCUT2D eigenvalue weighted by Crippen LogP contribution is 2.28. The van der Waals surface area contributed by atoms with Crippen molar-refractivity contribution >= 4 is 39.4 Å². The summed E-state index contributed by atoms with van der Waals surface area (Å²) < 4.78 is 8.45. The molecule has 1 saturated heterocycles. The largest absolute Gasteiger partial charge is 0.378 e. The number of carbonyl (C=O) groups excluding carboxylic acids is 1. The highest BCUT2D eigenvalue weighted by atomic mass is 79.9. The van der Waals surface area contributed by atoms with E-state index in [1.165, 1.54) is 17.3 Å². The van der Waals surface area contributed by atoms with Gasteiger partial charge in [0.1, 0.15) is 0 Å². The lowest BCUT2D eigenvalue weighted by atomic mass is 10.1. The van der Waals surface area contributed by atoms with E-state index in [4.69, 9.17) is 4.74 Å². The first kappa shape index (κ1) is 21.1. The van der Waals surface area contributed by atoms with E-state index in [1.54, 1.807) is 0 Å². The quantitative estimate of drug-likeness (QED) is 0.364. The van der Waals surface area contributed by atoms with Gasteiger partial charge in [-0.2, -0.15) is 0 Å². The molecule has 0 atom stereocenters. The molecule has 1 aromatic heterocycles. The Balaban J connectivity index is 1.63. The molecule has 6 nitrogen and oxygen atoms in total. The molecule has 0 aliphatic carbocycles. The van der Waals surface area contributed by atoms with E-state index in [0.717, 1.165) is 35.6 Å². The fourth-order valence-electron chi connectivity index (χ4n) is 3.34. The maximum Gasteiger partial charge on any atom is 0.232 e. The number of anilines is 1. The summed E-state index contributed by atoms with van der Waals surface area (Å²) in [5.41, 5.74) is 2.94. The number of benzene rings is 2. The third-order valence-corrected chi connectivity index (χ3v) is 6.39. The Bertz CT molecular complexity index is 1030. The first-order valence-electron chi connectivity index (χ1n) is 9.94. The molecule has 2 aromatic carbocycles. The van der Waals surface area contributed by atoms with Gasteiger partial charge in [0.15, 0.2) is 10.9 Å². The fourth-order valence-corrected chi connectivity index (χ4v) is 4.58. The van der Waals surface area contributed by atoms with Gasteiger partial charge in [-0.25, -0.2) is 0 Å². The molecule has 156 valence electrons. The van der Waals surface area contributed by atoms with Crippen LogP contribution in [-0.2, 0) is 11.2 Å². The zero-order valence-corrected chi connectivity index (χ0v) is 19.2. The third kappa shape index (κ3) is 4.77. The Labute approximate surface area is 188 Å². The Kier molecular flexibility index (Phi) is 6.86. The van der Waals surface area contributed by atoms with Gasteiger partial charge in [-0.15, -0.1) is 10.2 Å². The van der Waals surface area contributed by atoms with Crippen LogP contribution in [0.15, 0.2) is 58.2 Å². The lowest BCUT2D eigenvalue weighted by molar-refractivity contribution is 0.102. The zero-order valence-electron chi connectivity index (χ0n) is 16.8. The molecular weight excluding hydrogens is 464 g/mol. The highest BCUT2D eigenvalue weighted by Gasteiger charge is 2.22. The fraction of sp³-hybridized carbons (Fsp3) is 0.318. The van der Waals surface area contributed by atoms with Crippen molar-refractivity contribution in [3.63, 3.8) is 0 Å². The van der Waals surface area contributed by atoms with Crippen molar-refractivity contribution in [3.05, 3.63) is 64.1 Å². The number of carbonyl (C=O) groups is 1. The van der Waals surface area contributed by atoms with Crippen LogP contribution in [0.1, 0.15) is 22.8 Å². The number of hydrogen-bond acceptors (Lipinski definition) is 6. The van der Waals surface area contributed by atoms with Crippen LogP contribution >= 0.6 is 27.7 Å². The number of aromatic nitrogens is 3. The van der Waals surface area contributed by atoms with Gasteiger partial charge in [-0.3, -0.25) is 9.36 Å². The van der Waals surface area contributed by atoms with Gasteiger partial charge in [0.25, 0.3) is 0 Å². The second kappa shape index (κ2) is 9.76. The van der Waals surface area contributed by atoms with E-state index in [9.17, 15) is 4.79 Å². The summed E-state index contributed by atoms with van der Waals surface area (Å²) >= 11 is 4.84. The summed E-state index contributed by atoms with van der Waals surface area (Å²) in [6.45, 7) is 5.03. The van der Waals surface area contributed by atoms with Crippen LogP contribution in [0.4, 0.5) is 5.95 Å². The minimum Gasteiger partial charge on any atom is -0.378 e. The van der Waals surface area contributed by atoms with Gasteiger partial charge in [-0.1, -0.05) is 58.9 Å². The lowest BCUT2D eigenvalue weighted by Crippen LogP contribution is -2.37. The summed E-state index contributed by atoms with van der Waals surface area (Å²) in [5.74, 6) is 1.15. The molecule has 1 aliphatic heterocycles. The van der Waals surface area contributed by atoms with Crippen molar-refractivity contribution in [2.75, 3.05) is 37.0 Å². The number of halogens is 1. The molecule has 4 rings (SSSR count). The van der Waals surface area contributed by atoms with Crippen LogP contribution in [0.25, 0.3) is 5.69 Å². The Morgan fingerprint density at radius 2 is 1.93 bits per heavy atom. The molecule has 1 aliphatic rings. The third-order valence-electron chi connectivity index (χ3n) is 4.97. The number of Topliss-reactive ketones (excluding diaryl/α,β-unsaturated/α-hetero) is 1. The second-order valence-electron chi connectivity index (χ2n) is 6.96. The summed E-state index contributed by atoms with van der Waals surface area (Å²) in [6, 6.07) is 15.9. The average molecular weight is 487 g/mol. The number of aryl methyl sites for hydroxylation is 1. The summed E-state index contributed by atoms with van der Waals surface area (Å²) in [5, 5.41) is 9.63. The van der Waals surface area contributed by atoms with Crippen LogP contribution in [0.2, 0.25) is 0 Å². The molecule has 8 heteroatoms. The minimum absolute atomic E-state index is 0.0612. The van der Waals surface area contributed by atoms with Gasteiger partial charge in [-0.05, 0) is 36.2 Å². The predicted octanol–water partition coefficient (Wildman–Crippen LogP) is 4.40. The Hall–Kier alpha value is -2.16. The van der Waals surface area contributed by atoms with E-state index < -0.39 is 0 Å². The first-order valence-corrected chi connectivity index (χ1v) is 11.7. The molecule has 0 bridgehead atoms. The molecule has 0 amide bonds. The van der Waals surface area contributed by atoms with Crippen molar-refractivity contribution in [2.24, 2.45) is 0 Å². The molecule has 2 heterocycles. The van der Waals surface area contributed by atoms with Crippen LogP contribution in [0, 0.1) is 0 Å². The van der Waals surface area contributed by atoms with Gasteiger partial charge < -0.3 is 9.64 Å². The molecule has 3 aromatic rings. The summed E-state index contributed by atoms with van der Waals surface area (Å²) in [7, 11) is 0. The highest BCUT2D eigenvalue weighted by molar-refractivity contribution is 9.10. The van der Waals surface area contributed by atoms with Gasteiger partial charge >= 0.3 is 0 Å². The zero-order chi connectivity index (χ0) is 20.9. The lowest BCUT2D eigenvalue weighted by Gasteiger charge is -2.28. The molecule has 0 saturated carbocycles. The molecule has 0 radical (unpaired) electrons. The number of morpholine rings is 1. The topological polar surface area (TPSA) is 60.2 Å². The van der Waals surface area contributed by atoms with E-state index in [0.29, 0.717) is 29.7 Å². The molecule has 30 heavy (non-hydrogen) atoms. The molecular formula is C22H23BrN4O2S. The smallest absolute Gasteiger partial charge is 0.232 e. The summed E-state index contributed by atoms with van der Waals surface area (Å²) in [6.07, 6.45) is 0.951. The van der Waals surface area contributed by atoms with Crippen LogP contribution in [0.3, 0.4) is 0 Å². The van der Waals surface area contributed by atoms with Crippen molar-refractivity contribution in [1.29, 1.82) is 0 Å². The number of hydrogen-bond donors (Lipinski definition) is 0. The van der Waals surface area contributed by atoms with Gasteiger partial charge in [0.2, 0.25) is 5.95 Å². The number of ether oxygens (including phenoxy) is 1. The van der Waals surface area contributed by atoms with Crippen LogP contribution in [0.5, 0.6) is 0 Å².